The van der Waals surface area contributed by atoms with E-state index in [2.05, 4.69) is 14.9 Å². The van der Waals surface area contributed by atoms with Gasteiger partial charge < -0.3 is 14.2 Å². The molecule has 1 aromatic heterocycles. The summed E-state index contributed by atoms with van der Waals surface area (Å²) in [5.41, 5.74) is 3.80. The SMILES string of the molecule is COc1cc2c(cc1CN(C)Cc1cnc3ccccc3n1)OCCO2. The van der Waals surface area contributed by atoms with Gasteiger partial charge in [-0.15, -0.1) is 0 Å². The molecular weight excluding hydrogens is 330 g/mol. The summed E-state index contributed by atoms with van der Waals surface area (Å²) in [6.45, 7) is 2.53. The molecular formula is C20H21N3O3. The molecule has 6 nitrogen and oxygen atoms in total. The van der Waals surface area contributed by atoms with Crippen LogP contribution >= 0.6 is 0 Å². The molecule has 26 heavy (non-hydrogen) atoms. The van der Waals surface area contributed by atoms with Crippen LogP contribution in [-0.2, 0) is 13.1 Å². The minimum absolute atomic E-state index is 0.566. The van der Waals surface area contributed by atoms with Crippen molar-refractivity contribution in [2.24, 2.45) is 0 Å². The Morgan fingerprint density at radius 3 is 2.54 bits per heavy atom. The van der Waals surface area contributed by atoms with Gasteiger partial charge in [0.2, 0.25) is 0 Å². The van der Waals surface area contributed by atoms with Crippen LogP contribution < -0.4 is 14.2 Å². The predicted molar refractivity (Wildman–Crippen MR) is 98.7 cm³/mol. The van der Waals surface area contributed by atoms with Crippen molar-refractivity contribution < 1.29 is 14.2 Å². The molecule has 0 aliphatic carbocycles. The van der Waals surface area contributed by atoms with E-state index in [0.717, 1.165) is 39.5 Å². The third-order valence-corrected chi connectivity index (χ3v) is 4.32. The number of rotatable bonds is 5. The van der Waals surface area contributed by atoms with Crippen LogP contribution in [0.25, 0.3) is 11.0 Å². The largest absolute Gasteiger partial charge is 0.496 e. The quantitative estimate of drug-likeness (QED) is 0.704. The van der Waals surface area contributed by atoms with E-state index < -0.39 is 0 Å². The molecule has 4 rings (SSSR count). The number of hydrogen-bond acceptors (Lipinski definition) is 6. The molecule has 0 amide bonds. The smallest absolute Gasteiger partial charge is 0.165 e. The lowest BCUT2D eigenvalue weighted by molar-refractivity contribution is 0.170. The topological polar surface area (TPSA) is 56.7 Å². The van der Waals surface area contributed by atoms with Gasteiger partial charge in [0.25, 0.3) is 0 Å². The number of hydrogen-bond donors (Lipinski definition) is 0. The van der Waals surface area contributed by atoms with Gasteiger partial charge in [0.15, 0.2) is 11.5 Å². The first kappa shape index (κ1) is 16.6. The highest BCUT2D eigenvalue weighted by atomic mass is 16.6. The average Bonchev–Trinajstić information content (AvgIpc) is 2.67. The van der Waals surface area contributed by atoms with E-state index in [4.69, 9.17) is 14.2 Å². The van der Waals surface area contributed by atoms with Gasteiger partial charge in [0.1, 0.15) is 19.0 Å². The Morgan fingerprint density at radius 2 is 1.77 bits per heavy atom. The summed E-state index contributed by atoms with van der Waals surface area (Å²) in [4.78, 5) is 11.3. The van der Waals surface area contributed by atoms with Crippen molar-refractivity contribution in [1.82, 2.24) is 14.9 Å². The maximum absolute atomic E-state index is 5.69. The Morgan fingerprint density at radius 1 is 1.04 bits per heavy atom. The number of nitrogens with zero attached hydrogens (tertiary/aromatic N) is 3. The maximum Gasteiger partial charge on any atom is 0.165 e. The number of ether oxygens (including phenoxy) is 3. The number of aromatic nitrogens is 2. The lowest BCUT2D eigenvalue weighted by Crippen LogP contribution is -2.20. The monoisotopic (exact) mass is 351 g/mol. The van der Waals surface area contributed by atoms with Crippen LogP contribution in [0.5, 0.6) is 17.2 Å². The molecule has 134 valence electrons. The highest BCUT2D eigenvalue weighted by molar-refractivity contribution is 5.73. The second-order valence-corrected chi connectivity index (χ2v) is 6.33. The van der Waals surface area contributed by atoms with Gasteiger partial charge in [-0.3, -0.25) is 9.88 Å². The first-order valence-electron chi connectivity index (χ1n) is 8.58. The Labute approximate surface area is 152 Å². The van der Waals surface area contributed by atoms with Crippen molar-refractivity contribution in [2.75, 3.05) is 27.4 Å². The Hall–Kier alpha value is -2.86. The molecule has 1 aliphatic rings. The van der Waals surface area contributed by atoms with Crippen LogP contribution in [0.4, 0.5) is 0 Å². The van der Waals surface area contributed by atoms with E-state index in [1.807, 2.05) is 49.6 Å². The molecule has 0 radical (unpaired) electrons. The van der Waals surface area contributed by atoms with Crippen LogP contribution in [0.15, 0.2) is 42.6 Å². The van der Waals surface area contributed by atoms with E-state index in [1.165, 1.54) is 0 Å². The lowest BCUT2D eigenvalue weighted by atomic mass is 10.1. The standard InChI is InChI=1S/C20H21N3O3/c1-23(13-15-11-21-16-5-3-4-6-17(16)22-15)12-14-9-19-20(10-18(14)24-2)26-8-7-25-19/h3-6,9-11H,7-8,12-13H2,1-2H3. The zero-order valence-corrected chi connectivity index (χ0v) is 14.9. The van der Waals surface area contributed by atoms with E-state index in [0.29, 0.717) is 26.3 Å². The second kappa shape index (κ2) is 7.17. The molecule has 0 N–H and O–H groups in total. The molecule has 0 bridgehead atoms. The molecule has 2 aromatic carbocycles. The summed E-state index contributed by atoms with van der Waals surface area (Å²) in [5.74, 6) is 2.30. The van der Waals surface area contributed by atoms with Crippen LogP contribution in [0.2, 0.25) is 0 Å². The molecule has 0 saturated heterocycles. The van der Waals surface area contributed by atoms with Crippen molar-refractivity contribution in [2.45, 2.75) is 13.1 Å². The highest BCUT2D eigenvalue weighted by Gasteiger charge is 2.17. The normalized spacial score (nSPS) is 13.2. The minimum atomic E-state index is 0.566. The lowest BCUT2D eigenvalue weighted by Gasteiger charge is -2.23. The summed E-state index contributed by atoms with van der Waals surface area (Å²) in [6, 6.07) is 11.8. The summed E-state index contributed by atoms with van der Waals surface area (Å²) >= 11 is 0. The molecule has 1 aliphatic heterocycles. The van der Waals surface area contributed by atoms with Crippen molar-refractivity contribution >= 4 is 11.0 Å². The van der Waals surface area contributed by atoms with Crippen LogP contribution in [0.1, 0.15) is 11.3 Å². The van der Waals surface area contributed by atoms with Gasteiger partial charge in [0, 0.05) is 24.7 Å². The summed E-state index contributed by atoms with van der Waals surface area (Å²) < 4.78 is 16.8. The molecule has 0 spiro atoms. The molecule has 0 unspecified atom stereocenters. The third-order valence-electron chi connectivity index (χ3n) is 4.32. The van der Waals surface area contributed by atoms with Gasteiger partial charge in [-0.2, -0.15) is 0 Å². The Bertz CT molecular complexity index is 929. The number of benzene rings is 2. The van der Waals surface area contributed by atoms with Gasteiger partial charge >= 0.3 is 0 Å². The molecule has 0 fully saturated rings. The summed E-state index contributed by atoms with van der Waals surface area (Å²) in [7, 11) is 3.72. The minimum Gasteiger partial charge on any atom is -0.496 e. The fourth-order valence-corrected chi connectivity index (χ4v) is 3.12. The number of methoxy groups -OCH3 is 1. The van der Waals surface area contributed by atoms with Crippen LogP contribution in [-0.4, -0.2) is 42.2 Å². The van der Waals surface area contributed by atoms with E-state index in [9.17, 15) is 0 Å². The van der Waals surface area contributed by atoms with Gasteiger partial charge in [-0.1, -0.05) is 12.1 Å². The molecule has 6 heteroatoms. The highest BCUT2D eigenvalue weighted by Crippen LogP contribution is 2.37. The first-order chi connectivity index (χ1) is 12.7. The van der Waals surface area contributed by atoms with E-state index in [-0.39, 0.29) is 0 Å². The summed E-state index contributed by atoms with van der Waals surface area (Å²) in [5, 5.41) is 0. The van der Waals surface area contributed by atoms with Crippen molar-refractivity contribution in [3.63, 3.8) is 0 Å². The van der Waals surface area contributed by atoms with E-state index >= 15 is 0 Å². The van der Waals surface area contributed by atoms with Crippen LogP contribution in [0, 0.1) is 0 Å². The Kier molecular flexibility index (Phi) is 4.58. The number of fused-ring (bicyclic) bond motifs is 2. The predicted octanol–water partition coefficient (Wildman–Crippen LogP) is 3.04. The van der Waals surface area contributed by atoms with Crippen molar-refractivity contribution in [3.8, 4) is 17.2 Å². The summed E-state index contributed by atoms with van der Waals surface area (Å²) in [6.07, 6.45) is 1.83. The molecule has 3 aromatic rings. The molecule has 2 heterocycles. The van der Waals surface area contributed by atoms with Crippen molar-refractivity contribution in [1.29, 1.82) is 0 Å². The fourth-order valence-electron chi connectivity index (χ4n) is 3.12. The van der Waals surface area contributed by atoms with Crippen molar-refractivity contribution in [3.05, 3.63) is 53.9 Å². The van der Waals surface area contributed by atoms with Gasteiger partial charge in [0.05, 0.1) is 30.0 Å². The maximum atomic E-state index is 5.69. The Balaban J connectivity index is 1.52. The van der Waals surface area contributed by atoms with Gasteiger partial charge in [-0.25, -0.2) is 4.98 Å². The second-order valence-electron chi connectivity index (χ2n) is 6.33. The van der Waals surface area contributed by atoms with Gasteiger partial charge in [-0.05, 0) is 25.2 Å². The fraction of sp³-hybridized carbons (Fsp3) is 0.300. The molecule has 0 atom stereocenters. The van der Waals surface area contributed by atoms with Crippen LogP contribution in [0.3, 0.4) is 0 Å². The average molecular weight is 351 g/mol. The zero-order valence-electron chi connectivity index (χ0n) is 14.9. The third kappa shape index (κ3) is 3.41. The zero-order chi connectivity index (χ0) is 17.9. The molecule has 0 saturated carbocycles. The first-order valence-corrected chi connectivity index (χ1v) is 8.58. The number of para-hydroxylation sites is 2. The van der Waals surface area contributed by atoms with E-state index in [1.54, 1.807) is 7.11 Å².